The van der Waals surface area contributed by atoms with Crippen molar-refractivity contribution >= 4 is 28.4 Å². The summed E-state index contributed by atoms with van der Waals surface area (Å²) in [5, 5.41) is 9.13. The Morgan fingerprint density at radius 1 is 1.03 bits per heavy atom. The quantitative estimate of drug-likeness (QED) is 0.514. The van der Waals surface area contributed by atoms with Crippen molar-refractivity contribution in [3.8, 4) is 17.2 Å². The van der Waals surface area contributed by atoms with E-state index in [-0.39, 0.29) is 6.42 Å². The fourth-order valence-corrected chi connectivity index (χ4v) is 4.46. The van der Waals surface area contributed by atoms with Crippen molar-refractivity contribution in [3.05, 3.63) is 88.4 Å². The number of methoxy groups -OCH3 is 1. The van der Waals surface area contributed by atoms with Gasteiger partial charge in [-0.3, -0.25) is 9.00 Å². The molecule has 3 aromatic rings. The Morgan fingerprint density at radius 2 is 1.73 bits per heavy atom. The molecule has 0 bridgehead atoms. The highest BCUT2D eigenvalue weighted by molar-refractivity contribution is 7.84. The zero-order valence-corrected chi connectivity index (χ0v) is 18.1. The normalized spacial score (nSPS) is 12.8. The van der Waals surface area contributed by atoms with E-state index in [1.807, 2.05) is 30.3 Å². The van der Waals surface area contributed by atoms with E-state index in [2.05, 4.69) is 0 Å². The van der Waals surface area contributed by atoms with Crippen LogP contribution in [0, 0.1) is 0 Å². The van der Waals surface area contributed by atoms with E-state index in [4.69, 9.17) is 26.2 Å². The highest BCUT2D eigenvalue weighted by Gasteiger charge is 2.23. The Morgan fingerprint density at radius 3 is 2.37 bits per heavy atom. The Bertz CT molecular complexity index is 1070. The molecule has 7 heteroatoms. The molecule has 0 saturated heterocycles. The van der Waals surface area contributed by atoms with E-state index in [0.717, 1.165) is 5.56 Å². The summed E-state index contributed by atoms with van der Waals surface area (Å²) >= 11 is 6.25. The molecule has 0 spiro atoms. The number of hydrogen-bond donors (Lipinski definition) is 1. The van der Waals surface area contributed by atoms with Gasteiger partial charge in [0.1, 0.15) is 5.75 Å². The average Bonchev–Trinajstić information content (AvgIpc) is 2.70. The largest absolute Gasteiger partial charge is 0.493 e. The van der Waals surface area contributed by atoms with Gasteiger partial charge in [0.05, 0.1) is 18.8 Å². The molecule has 0 fully saturated rings. The fraction of sp³-hybridized carbons (Fsp3) is 0.174. The molecule has 0 radical (unpaired) electrons. The third-order valence-corrected chi connectivity index (χ3v) is 5.92. The van der Waals surface area contributed by atoms with Gasteiger partial charge in [-0.25, -0.2) is 0 Å². The second kappa shape index (κ2) is 9.78. The van der Waals surface area contributed by atoms with E-state index in [9.17, 15) is 9.00 Å². The van der Waals surface area contributed by atoms with Crippen molar-refractivity contribution in [1.82, 2.24) is 0 Å². The first-order valence-electron chi connectivity index (χ1n) is 9.12. The molecule has 0 aliphatic rings. The molecule has 5 nitrogen and oxygen atoms in total. The van der Waals surface area contributed by atoms with Gasteiger partial charge >= 0.3 is 5.97 Å². The summed E-state index contributed by atoms with van der Waals surface area (Å²) in [5.41, 5.74) is 2.12. The summed E-state index contributed by atoms with van der Waals surface area (Å²) < 4.78 is 24.2. The molecule has 3 aromatic carbocycles. The van der Waals surface area contributed by atoms with Crippen LogP contribution in [-0.4, -0.2) is 28.7 Å². The summed E-state index contributed by atoms with van der Waals surface area (Å²) in [7, 11) is 0.261. The van der Waals surface area contributed by atoms with Crippen LogP contribution in [0.3, 0.4) is 0 Å². The number of hydrogen-bond acceptors (Lipinski definition) is 4. The summed E-state index contributed by atoms with van der Waals surface area (Å²) in [4.78, 5) is 11.1. The molecule has 0 aliphatic carbocycles. The summed E-state index contributed by atoms with van der Waals surface area (Å²) in [5.74, 6) is 0.352. The van der Waals surface area contributed by atoms with Gasteiger partial charge in [-0.05, 0) is 41.5 Å². The van der Waals surface area contributed by atoms with Crippen molar-refractivity contribution in [3.63, 3.8) is 0 Å². The maximum absolute atomic E-state index is 12.7. The minimum atomic E-state index is -1.25. The number of carboxylic acid groups (broad SMARTS) is 1. The number of carbonyl (C=O) groups is 1. The lowest BCUT2D eigenvalue weighted by atomic mass is 10.0. The SMILES string of the molecule is COc1ccc(CC(=O)O)cc1Oc1ccc(Cl)cc1C(c1ccccc1)S(C)=O. The van der Waals surface area contributed by atoms with Crippen LogP contribution in [-0.2, 0) is 22.0 Å². The van der Waals surface area contributed by atoms with Gasteiger partial charge in [-0.1, -0.05) is 48.0 Å². The van der Waals surface area contributed by atoms with Crippen LogP contribution < -0.4 is 9.47 Å². The van der Waals surface area contributed by atoms with Gasteiger partial charge < -0.3 is 14.6 Å². The van der Waals surface area contributed by atoms with Gasteiger partial charge in [0.2, 0.25) is 0 Å². The fourth-order valence-electron chi connectivity index (χ4n) is 3.20. The second-order valence-electron chi connectivity index (χ2n) is 6.63. The van der Waals surface area contributed by atoms with E-state index >= 15 is 0 Å². The van der Waals surface area contributed by atoms with Crippen LogP contribution in [0.5, 0.6) is 17.2 Å². The van der Waals surface area contributed by atoms with Gasteiger partial charge in [0, 0.05) is 27.6 Å². The van der Waals surface area contributed by atoms with Crippen molar-refractivity contribution < 1.29 is 23.6 Å². The van der Waals surface area contributed by atoms with Gasteiger partial charge in [-0.15, -0.1) is 0 Å². The summed E-state index contributed by atoms with van der Waals surface area (Å²) in [6.07, 6.45) is 1.50. The van der Waals surface area contributed by atoms with Crippen LogP contribution in [0.25, 0.3) is 0 Å². The second-order valence-corrected chi connectivity index (χ2v) is 8.53. The number of benzene rings is 3. The molecule has 0 aromatic heterocycles. The zero-order chi connectivity index (χ0) is 21.7. The van der Waals surface area contributed by atoms with Gasteiger partial charge in [0.25, 0.3) is 0 Å². The lowest BCUT2D eigenvalue weighted by Crippen LogP contribution is -2.09. The van der Waals surface area contributed by atoms with Gasteiger partial charge in [0.15, 0.2) is 11.5 Å². The predicted octanol–water partition coefficient (Wildman–Crippen LogP) is 5.24. The minimum absolute atomic E-state index is 0.139. The summed E-state index contributed by atoms with van der Waals surface area (Å²) in [6.45, 7) is 0. The van der Waals surface area contributed by atoms with Crippen molar-refractivity contribution in [2.45, 2.75) is 11.7 Å². The lowest BCUT2D eigenvalue weighted by molar-refractivity contribution is -0.136. The molecule has 30 heavy (non-hydrogen) atoms. The topological polar surface area (TPSA) is 72.8 Å². The maximum atomic E-state index is 12.7. The molecule has 0 aliphatic heterocycles. The Labute approximate surface area is 182 Å². The van der Waals surface area contributed by atoms with Crippen molar-refractivity contribution in [2.24, 2.45) is 0 Å². The molecule has 0 heterocycles. The number of carboxylic acids is 1. The molecular weight excluding hydrogens is 424 g/mol. The van der Waals surface area contributed by atoms with Crippen LogP contribution in [0.1, 0.15) is 21.9 Å². The van der Waals surface area contributed by atoms with E-state index in [1.54, 1.807) is 42.7 Å². The molecular formula is C23H21ClO5S. The third-order valence-electron chi connectivity index (χ3n) is 4.49. The molecule has 3 rings (SSSR count). The number of ether oxygens (including phenoxy) is 2. The Balaban J connectivity index is 2.08. The predicted molar refractivity (Wildman–Crippen MR) is 118 cm³/mol. The third kappa shape index (κ3) is 5.20. The van der Waals surface area contributed by atoms with Crippen LogP contribution in [0.15, 0.2) is 66.7 Å². The first-order valence-corrected chi connectivity index (χ1v) is 11.1. The monoisotopic (exact) mass is 444 g/mol. The molecule has 0 saturated carbocycles. The minimum Gasteiger partial charge on any atom is -0.493 e. The standard InChI is InChI=1S/C23H21ClO5S/c1-28-20-10-8-15(13-22(25)26)12-21(20)29-19-11-9-17(24)14-18(19)23(30(2)27)16-6-4-3-5-7-16/h3-12,14,23H,13H2,1-2H3,(H,25,26). The van der Waals surface area contributed by atoms with Crippen molar-refractivity contribution in [1.29, 1.82) is 0 Å². The first-order chi connectivity index (χ1) is 14.4. The van der Waals surface area contributed by atoms with E-state index < -0.39 is 22.0 Å². The van der Waals surface area contributed by atoms with Crippen LogP contribution >= 0.6 is 11.6 Å². The Hall–Kier alpha value is -2.83. The lowest BCUT2D eigenvalue weighted by Gasteiger charge is -2.20. The molecule has 0 amide bonds. The highest BCUT2D eigenvalue weighted by atomic mass is 35.5. The highest BCUT2D eigenvalue weighted by Crippen LogP contribution is 2.40. The summed E-state index contributed by atoms with van der Waals surface area (Å²) in [6, 6.07) is 19.6. The molecule has 2 unspecified atom stereocenters. The molecule has 156 valence electrons. The van der Waals surface area contributed by atoms with E-state index in [1.165, 1.54) is 7.11 Å². The van der Waals surface area contributed by atoms with Crippen LogP contribution in [0.4, 0.5) is 0 Å². The smallest absolute Gasteiger partial charge is 0.307 e. The van der Waals surface area contributed by atoms with E-state index in [0.29, 0.717) is 33.4 Å². The average molecular weight is 445 g/mol. The number of aliphatic carboxylic acids is 1. The van der Waals surface area contributed by atoms with Gasteiger partial charge in [-0.2, -0.15) is 0 Å². The number of halogens is 1. The van der Waals surface area contributed by atoms with Crippen molar-refractivity contribution in [2.75, 3.05) is 13.4 Å². The Kier molecular flexibility index (Phi) is 7.13. The zero-order valence-electron chi connectivity index (χ0n) is 16.5. The first kappa shape index (κ1) is 21.9. The molecule has 2 atom stereocenters. The maximum Gasteiger partial charge on any atom is 0.307 e. The molecule has 1 N–H and O–H groups in total. The van der Waals surface area contributed by atoms with Crippen LogP contribution in [0.2, 0.25) is 5.02 Å². The number of rotatable bonds is 8.